The number of aromatic hydroxyl groups is 1. The molecule has 1 N–H and O–H groups in total. The number of hydrogen-bond acceptors (Lipinski definition) is 5. The number of benzene rings is 2. The molecule has 1 aromatic heterocycles. The van der Waals surface area contributed by atoms with Gasteiger partial charge in [-0.05, 0) is 60.0 Å². The van der Waals surface area contributed by atoms with Crippen LogP contribution in [0.5, 0.6) is 11.5 Å². The second-order valence-corrected chi connectivity index (χ2v) is 9.79. The fraction of sp³-hybridized carbons (Fsp3) is 0.348. The van der Waals surface area contributed by atoms with Crippen molar-refractivity contribution in [3.05, 3.63) is 60.0 Å². The van der Waals surface area contributed by atoms with Crippen LogP contribution in [0, 0.1) is 0 Å². The Morgan fingerprint density at radius 3 is 2.75 bits per heavy atom. The van der Waals surface area contributed by atoms with E-state index in [0.717, 1.165) is 30.2 Å². The van der Waals surface area contributed by atoms with E-state index < -0.39 is 0 Å². The summed E-state index contributed by atoms with van der Waals surface area (Å²) in [6.07, 6.45) is 6.92. The fourth-order valence-electron chi connectivity index (χ4n) is 3.99. The third kappa shape index (κ3) is 4.58. The number of fused-ring (bicyclic) bond motifs is 1. The molecule has 0 atom stereocenters. The average molecular weight is 584 g/mol. The van der Waals surface area contributed by atoms with E-state index in [2.05, 4.69) is 37.0 Å². The Kier molecular flexibility index (Phi) is 7.22. The SMILES string of the molecule is CCOc1cc(C=Nn2c(C3CCCCC3)nc3ccc(Br)cc3c2=O)c(Br)c(Cl)c1O. The van der Waals surface area contributed by atoms with Crippen molar-refractivity contribution in [1.29, 1.82) is 0 Å². The number of ether oxygens (including phenoxy) is 1. The van der Waals surface area contributed by atoms with Crippen LogP contribution in [-0.2, 0) is 0 Å². The summed E-state index contributed by atoms with van der Waals surface area (Å²) in [5.74, 6) is 0.955. The molecule has 1 aliphatic rings. The van der Waals surface area contributed by atoms with E-state index in [-0.39, 0.29) is 28.0 Å². The van der Waals surface area contributed by atoms with Crippen molar-refractivity contribution in [2.45, 2.75) is 44.9 Å². The molecule has 1 aliphatic carbocycles. The van der Waals surface area contributed by atoms with E-state index in [0.29, 0.717) is 33.4 Å². The topological polar surface area (TPSA) is 76.7 Å². The molecule has 168 valence electrons. The lowest BCUT2D eigenvalue weighted by molar-refractivity contribution is 0.318. The minimum atomic E-state index is -0.223. The zero-order valence-corrected chi connectivity index (χ0v) is 21.4. The molecule has 1 heterocycles. The molecule has 0 saturated heterocycles. The summed E-state index contributed by atoms with van der Waals surface area (Å²) in [5, 5.41) is 15.4. The minimum Gasteiger partial charge on any atom is -0.503 e. The highest BCUT2D eigenvalue weighted by molar-refractivity contribution is 9.10. The third-order valence-electron chi connectivity index (χ3n) is 5.59. The highest BCUT2D eigenvalue weighted by Gasteiger charge is 2.23. The minimum absolute atomic E-state index is 0.123. The van der Waals surface area contributed by atoms with Crippen molar-refractivity contribution in [2.24, 2.45) is 5.10 Å². The van der Waals surface area contributed by atoms with Crippen LogP contribution in [0.1, 0.15) is 56.3 Å². The number of halogens is 3. The third-order valence-corrected chi connectivity index (χ3v) is 7.53. The van der Waals surface area contributed by atoms with Crippen LogP contribution in [-0.4, -0.2) is 27.6 Å². The molecule has 1 saturated carbocycles. The van der Waals surface area contributed by atoms with Gasteiger partial charge in [0.05, 0.1) is 23.7 Å². The maximum absolute atomic E-state index is 13.4. The van der Waals surface area contributed by atoms with Gasteiger partial charge in [0.15, 0.2) is 11.5 Å². The summed E-state index contributed by atoms with van der Waals surface area (Å²) in [6.45, 7) is 2.19. The molecular formula is C23H22Br2ClN3O3. The zero-order valence-electron chi connectivity index (χ0n) is 17.4. The van der Waals surface area contributed by atoms with Crippen LogP contribution in [0.3, 0.4) is 0 Å². The van der Waals surface area contributed by atoms with Crippen LogP contribution >= 0.6 is 43.5 Å². The maximum Gasteiger partial charge on any atom is 0.282 e. The van der Waals surface area contributed by atoms with Gasteiger partial charge in [0, 0.05) is 20.4 Å². The zero-order chi connectivity index (χ0) is 22.8. The van der Waals surface area contributed by atoms with Gasteiger partial charge in [-0.25, -0.2) is 4.98 Å². The lowest BCUT2D eigenvalue weighted by atomic mass is 9.88. The first-order valence-electron chi connectivity index (χ1n) is 10.5. The van der Waals surface area contributed by atoms with Crippen LogP contribution in [0.4, 0.5) is 0 Å². The molecule has 0 radical (unpaired) electrons. The summed E-state index contributed by atoms with van der Waals surface area (Å²) in [4.78, 5) is 18.3. The van der Waals surface area contributed by atoms with Gasteiger partial charge >= 0.3 is 0 Å². The van der Waals surface area contributed by atoms with Crippen molar-refractivity contribution >= 4 is 60.6 Å². The number of rotatable bonds is 5. The van der Waals surface area contributed by atoms with Crippen molar-refractivity contribution in [1.82, 2.24) is 9.66 Å². The molecule has 3 aromatic rings. The average Bonchev–Trinajstić information content (AvgIpc) is 2.80. The monoisotopic (exact) mass is 581 g/mol. The Morgan fingerprint density at radius 2 is 2.03 bits per heavy atom. The Labute approximate surface area is 207 Å². The van der Waals surface area contributed by atoms with E-state index in [4.69, 9.17) is 21.3 Å². The van der Waals surface area contributed by atoms with E-state index in [1.165, 1.54) is 17.3 Å². The molecule has 0 aliphatic heterocycles. The molecule has 2 aromatic carbocycles. The van der Waals surface area contributed by atoms with Gasteiger partial charge in [-0.15, -0.1) is 0 Å². The van der Waals surface area contributed by atoms with E-state index >= 15 is 0 Å². The summed E-state index contributed by atoms with van der Waals surface area (Å²) < 4.78 is 8.15. The van der Waals surface area contributed by atoms with Gasteiger partial charge in [-0.3, -0.25) is 4.79 Å². The van der Waals surface area contributed by atoms with Crippen LogP contribution in [0.25, 0.3) is 10.9 Å². The van der Waals surface area contributed by atoms with Gasteiger partial charge < -0.3 is 9.84 Å². The standard InChI is InChI=1S/C23H22Br2ClN3O3/c1-2-32-18-10-14(19(25)20(26)21(18)30)12-27-29-22(13-6-4-3-5-7-13)28-17-9-8-15(24)11-16(17)23(29)31/h8-13,30H,2-7H2,1H3. The quantitative estimate of drug-likeness (QED) is 0.343. The lowest BCUT2D eigenvalue weighted by Crippen LogP contribution is -2.25. The molecule has 32 heavy (non-hydrogen) atoms. The normalized spacial score (nSPS) is 15.0. The lowest BCUT2D eigenvalue weighted by Gasteiger charge is -2.22. The summed E-state index contributed by atoms with van der Waals surface area (Å²) >= 11 is 13.1. The predicted octanol–water partition coefficient (Wildman–Crippen LogP) is 6.61. The molecular weight excluding hydrogens is 562 g/mol. The highest BCUT2D eigenvalue weighted by atomic mass is 79.9. The largest absolute Gasteiger partial charge is 0.503 e. The molecule has 0 unspecified atom stereocenters. The number of phenolic OH excluding ortho intramolecular Hbond substituents is 1. The molecule has 0 bridgehead atoms. The van der Waals surface area contributed by atoms with Crippen LogP contribution in [0.15, 0.2) is 43.1 Å². The number of phenols is 1. The Bertz CT molecular complexity index is 1250. The highest BCUT2D eigenvalue weighted by Crippen LogP contribution is 2.41. The molecule has 0 spiro atoms. The molecule has 0 amide bonds. The Balaban J connectivity index is 1.87. The van der Waals surface area contributed by atoms with Gasteiger partial charge in [-0.2, -0.15) is 9.78 Å². The maximum atomic E-state index is 13.4. The molecule has 1 fully saturated rings. The van der Waals surface area contributed by atoms with Crippen LogP contribution in [0.2, 0.25) is 5.02 Å². The van der Waals surface area contributed by atoms with Crippen molar-refractivity contribution in [3.8, 4) is 11.5 Å². The first kappa shape index (κ1) is 23.3. The van der Waals surface area contributed by atoms with E-state index in [1.807, 2.05) is 19.1 Å². The first-order chi connectivity index (χ1) is 15.4. The molecule has 4 rings (SSSR count). The molecule has 6 nitrogen and oxygen atoms in total. The summed E-state index contributed by atoms with van der Waals surface area (Å²) in [5.41, 5.74) is 1.02. The van der Waals surface area contributed by atoms with Crippen molar-refractivity contribution in [2.75, 3.05) is 6.61 Å². The van der Waals surface area contributed by atoms with Crippen molar-refractivity contribution in [3.63, 3.8) is 0 Å². The Hall–Kier alpha value is -1.90. The van der Waals surface area contributed by atoms with Crippen molar-refractivity contribution < 1.29 is 9.84 Å². The van der Waals surface area contributed by atoms with Gasteiger partial charge in [-0.1, -0.05) is 46.8 Å². The van der Waals surface area contributed by atoms with E-state index in [9.17, 15) is 9.90 Å². The van der Waals surface area contributed by atoms with Gasteiger partial charge in [0.1, 0.15) is 10.8 Å². The smallest absolute Gasteiger partial charge is 0.282 e. The number of hydrogen-bond donors (Lipinski definition) is 1. The number of aromatic nitrogens is 2. The predicted molar refractivity (Wildman–Crippen MR) is 135 cm³/mol. The van der Waals surface area contributed by atoms with Gasteiger partial charge in [0.25, 0.3) is 5.56 Å². The molecule has 9 heteroatoms. The second-order valence-electron chi connectivity index (χ2n) is 7.70. The second kappa shape index (κ2) is 9.93. The number of nitrogens with zero attached hydrogens (tertiary/aromatic N) is 3. The summed E-state index contributed by atoms with van der Waals surface area (Å²) in [7, 11) is 0. The van der Waals surface area contributed by atoms with Gasteiger partial charge in [0.2, 0.25) is 0 Å². The van der Waals surface area contributed by atoms with E-state index in [1.54, 1.807) is 12.1 Å². The van der Waals surface area contributed by atoms with Crippen LogP contribution < -0.4 is 10.3 Å². The Morgan fingerprint density at radius 1 is 1.28 bits per heavy atom. The summed E-state index contributed by atoms with van der Waals surface area (Å²) in [6, 6.07) is 7.14. The fourth-order valence-corrected chi connectivity index (χ4v) is 4.96. The first-order valence-corrected chi connectivity index (χ1v) is 12.5.